The molecule has 0 saturated heterocycles. The monoisotopic (exact) mass is 285 g/mol. The van der Waals surface area contributed by atoms with Gasteiger partial charge in [0.25, 0.3) is 0 Å². The number of carbonyl (C=O) groups is 1. The number of aromatic carboxylic acids is 1. The summed E-state index contributed by atoms with van der Waals surface area (Å²) in [5, 5.41) is 9.00. The molecule has 2 N–H and O–H groups in total. The summed E-state index contributed by atoms with van der Waals surface area (Å²) in [5.74, 6) is -1.11. The second-order valence-electron chi connectivity index (χ2n) is 5.76. The number of carboxylic acid groups (broad SMARTS) is 1. The number of nitrogens with one attached hydrogen (secondary N) is 1. The lowest BCUT2D eigenvalue weighted by Gasteiger charge is -2.19. The molecular weight excluding hydrogens is 266 g/mol. The fourth-order valence-electron chi connectivity index (χ4n) is 1.70. The van der Waals surface area contributed by atoms with E-state index in [1.165, 1.54) is 6.07 Å². The van der Waals surface area contributed by atoms with E-state index in [0.29, 0.717) is 5.56 Å². The van der Waals surface area contributed by atoms with E-state index in [1.54, 1.807) is 19.1 Å². The smallest absolute Gasteiger partial charge is 0.336 e. The lowest BCUT2D eigenvalue weighted by molar-refractivity contribution is 0.0696. The molecular formula is C13H19NO4S. The van der Waals surface area contributed by atoms with Crippen LogP contribution in [0.4, 0.5) is 5.69 Å². The van der Waals surface area contributed by atoms with Crippen LogP contribution in [-0.2, 0) is 10.0 Å². The van der Waals surface area contributed by atoms with E-state index in [1.807, 2.05) is 20.8 Å². The maximum Gasteiger partial charge on any atom is 0.336 e. The van der Waals surface area contributed by atoms with Crippen molar-refractivity contribution in [3.63, 3.8) is 0 Å². The highest BCUT2D eigenvalue weighted by molar-refractivity contribution is 7.92. The molecule has 0 unspecified atom stereocenters. The molecule has 0 aliphatic carbocycles. The van der Waals surface area contributed by atoms with Gasteiger partial charge in [0.2, 0.25) is 10.0 Å². The summed E-state index contributed by atoms with van der Waals surface area (Å²) in [6, 6.07) is 4.47. The van der Waals surface area contributed by atoms with Gasteiger partial charge in [-0.3, -0.25) is 4.72 Å². The molecule has 0 heterocycles. The fraction of sp³-hybridized carbons (Fsp3) is 0.462. The summed E-state index contributed by atoms with van der Waals surface area (Å²) in [4.78, 5) is 11.0. The van der Waals surface area contributed by atoms with Crippen LogP contribution in [-0.4, -0.2) is 25.2 Å². The van der Waals surface area contributed by atoms with E-state index in [0.717, 1.165) is 0 Å². The van der Waals surface area contributed by atoms with Gasteiger partial charge in [0.15, 0.2) is 0 Å². The van der Waals surface area contributed by atoms with Crippen molar-refractivity contribution in [3.05, 3.63) is 29.3 Å². The lowest BCUT2D eigenvalue weighted by Crippen LogP contribution is -2.26. The van der Waals surface area contributed by atoms with E-state index in [-0.39, 0.29) is 22.4 Å². The highest BCUT2D eigenvalue weighted by atomic mass is 32.2. The van der Waals surface area contributed by atoms with Gasteiger partial charge in [0, 0.05) is 5.69 Å². The molecule has 0 spiro atoms. The molecule has 106 valence electrons. The van der Waals surface area contributed by atoms with Crippen molar-refractivity contribution in [2.24, 2.45) is 5.41 Å². The Morgan fingerprint density at radius 3 is 2.37 bits per heavy atom. The van der Waals surface area contributed by atoms with Crippen molar-refractivity contribution in [1.29, 1.82) is 0 Å². The summed E-state index contributed by atoms with van der Waals surface area (Å²) in [5.41, 5.74) is 0.584. The van der Waals surface area contributed by atoms with Crippen LogP contribution in [0.15, 0.2) is 18.2 Å². The maximum atomic E-state index is 11.9. The predicted molar refractivity (Wildman–Crippen MR) is 75.0 cm³/mol. The minimum atomic E-state index is -3.49. The van der Waals surface area contributed by atoms with Crippen LogP contribution in [0.5, 0.6) is 0 Å². The average molecular weight is 285 g/mol. The molecule has 0 atom stereocenters. The molecule has 0 aliphatic rings. The number of aryl methyl sites for hydroxylation is 1. The summed E-state index contributed by atoms with van der Waals surface area (Å²) >= 11 is 0. The van der Waals surface area contributed by atoms with Gasteiger partial charge in [0.1, 0.15) is 0 Å². The first kappa shape index (κ1) is 15.5. The van der Waals surface area contributed by atoms with Crippen molar-refractivity contribution in [1.82, 2.24) is 0 Å². The van der Waals surface area contributed by atoms with Crippen molar-refractivity contribution >= 4 is 21.7 Å². The Labute approximate surface area is 113 Å². The minimum Gasteiger partial charge on any atom is -0.478 e. The van der Waals surface area contributed by atoms with Crippen molar-refractivity contribution in [2.75, 3.05) is 10.5 Å². The minimum absolute atomic E-state index is 0.0315. The van der Waals surface area contributed by atoms with Gasteiger partial charge in [0.05, 0.1) is 11.3 Å². The van der Waals surface area contributed by atoms with Gasteiger partial charge in [-0.1, -0.05) is 26.8 Å². The topological polar surface area (TPSA) is 83.5 Å². The molecule has 5 nitrogen and oxygen atoms in total. The quantitative estimate of drug-likeness (QED) is 0.890. The molecule has 1 aromatic carbocycles. The molecule has 19 heavy (non-hydrogen) atoms. The second-order valence-corrected chi connectivity index (χ2v) is 7.48. The van der Waals surface area contributed by atoms with E-state index in [2.05, 4.69) is 4.72 Å². The molecule has 1 rings (SSSR count). The van der Waals surface area contributed by atoms with E-state index in [9.17, 15) is 13.2 Å². The fourth-order valence-corrected chi connectivity index (χ4v) is 3.40. The SMILES string of the molecule is Cc1ccc(NS(=O)(=O)CC(C)(C)C)cc1C(=O)O. The first-order valence-corrected chi connectivity index (χ1v) is 7.50. The summed E-state index contributed by atoms with van der Waals surface area (Å²) in [6.07, 6.45) is 0. The number of hydrogen-bond acceptors (Lipinski definition) is 3. The Balaban J connectivity index is 3.01. The van der Waals surface area contributed by atoms with Crippen LogP contribution >= 0.6 is 0 Å². The third-order valence-electron chi connectivity index (χ3n) is 2.36. The standard InChI is InChI=1S/C13H19NO4S/c1-9-5-6-10(7-11(9)12(15)16)14-19(17,18)8-13(2,3)4/h5-7,14H,8H2,1-4H3,(H,15,16). The number of hydrogen-bond donors (Lipinski definition) is 2. The first-order valence-electron chi connectivity index (χ1n) is 5.85. The molecule has 6 heteroatoms. The van der Waals surface area contributed by atoms with Crippen LogP contribution in [0.3, 0.4) is 0 Å². The number of carboxylic acids is 1. The van der Waals surface area contributed by atoms with Gasteiger partial charge >= 0.3 is 5.97 Å². The predicted octanol–water partition coefficient (Wildman–Crippen LogP) is 2.48. The summed E-state index contributed by atoms with van der Waals surface area (Å²) < 4.78 is 26.3. The molecule has 0 aromatic heterocycles. The third kappa shape index (κ3) is 4.90. The van der Waals surface area contributed by atoms with Crippen molar-refractivity contribution in [3.8, 4) is 0 Å². The van der Waals surface area contributed by atoms with Gasteiger partial charge in [-0.05, 0) is 30.0 Å². The molecule has 0 aliphatic heterocycles. The van der Waals surface area contributed by atoms with E-state index in [4.69, 9.17) is 5.11 Å². The van der Waals surface area contributed by atoms with Gasteiger partial charge in [-0.25, -0.2) is 13.2 Å². The highest BCUT2D eigenvalue weighted by Gasteiger charge is 2.22. The molecule has 0 radical (unpaired) electrons. The van der Waals surface area contributed by atoms with Crippen LogP contribution in [0.2, 0.25) is 0 Å². The third-order valence-corrected chi connectivity index (χ3v) is 4.16. The number of rotatable bonds is 4. The van der Waals surface area contributed by atoms with Crippen LogP contribution in [0, 0.1) is 12.3 Å². The van der Waals surface area contributed by atoms with Crippen LogP contribution < -0.4 is 4.72 Å². The van der Waals surface area contributed by atoms with E-state index >= 15 is 0 Å². The molecule has 0 amide bonds. The maximum absolute atomic E-state index is 11.9. The molecule has 0 saturated carbocycles. The Morgan fingerprint density at radius 1 is 1.32 bits per heavy atom. The van der Waals surface area contributed by atoms with Crippen LogP contribution in [0.1, 0.15) is 36.7 Å². The summed E-state index contributed by atoms with van der Waals surface area (Å²) in [7, 11) is -3.49. The average Bonchev–Trinajstić information content (AvgIpc) is 2.16. The zero-order valence-electron chi connectivity index (χ0n) is 11.5. The Bertz CT molecular complexity index is 585. The van der Waals surface area contributed by atoms with Gasteiger partial charge in [-0.2, -0.15) is 0 Å². The Kier molecular flexibility index (Phi) is 4.25. The molecule has 0 bridgehead atoms. The normalized spacial score (nSPS) is 12.2. The highest BCUT2D eigenvalue weighted by Crippen LogP contribution is 2.20. The largest absolute Gasteiger partial charge is 0.478 e. The number of benzene rings is 1. The summed E-state index contributed by atoms with van der Waals surface area (Å²) in [6.45, 7) is 7.13. The van der Waals surface area contributed by atoms with Crippen molar-refractivity contribution < 1.29 is 18.3 Å². The Hall–Kier alpha value is -1.56. The van der Waals surface area contributed by atoms with Gasteiger partial charge < -0.3 is 5.11 Å². The lowest BCUT2D eigenvalue weighted by atomic mass is 10.0. The zero-order chi connectivity index (χ0) is 14.8. The number of sulfonamides is 1. The first-order chi connectivity index (χ1) is 8.50. The van der Waals surface area contributed by atoms with Crippen LogP contribution in [0.25, 0.3) is 0 Å². The number of anilines is 1. The van der Waals surface area contributed by atoms with Gasteiger partial charge in [-0.15, -0.1) is 0 Å². The Morgan fingerprint density at radius 2 is 1.89 bits per heavy atom. The zero-order valence-corrected chi connectivity index (χ0v) is 12.3. The van der Waals surface area contributed by atoms with Crippen molar-refractivity contribution in [2.45, 2.75) is 27.7 Å². The molecule has 1 aromatic rings. The van der Waals surface area contributed by atoms with E-state index < -0.39 is 16.0 Å². The molecule has 0 fully saturated rings. The second kappa shape index (κ2) is 5.21.